The maximum absolute atomic E-state index is 6.12. The third kappa shape index (κ3) is 2.47. The minimum absolute atomic E-state index is 0.331. The molecule has 5 heteroatoms. The highest BCUT2D eigenvalue weighted by Crippen LogP contribution is 2.28. The molecule has 2 aromatic carbocycles. The zero-order valence-electron chi connectivity index (χ0n) is 11.7. The highest BCUT2D eigenvalue weighted by molar-refractivity contribution is 6.31. The van der Waals surface area contributed by atoms with E-state index in [1.165, 1.54) is 0 Å². The van der Waals surface area contributed by atoms with Crippen molar-refractivity contribution in [1.82, 2.24) is 9.55 Å². The van der Waals surface area contributed by atoms with Gasteiger partial charge in [0.1, 0.15) is 11.6 Å². The molecule has 0 bridgehead atoms. The van der Waals surface area contributed by atoms with Crippen LogP contribution >= 0.6 is 23.2 Å². The Hall–Kier alpha value is -1.71. The lowest BCUT2D eigenvalue weighted by Crippen LogP contribution is -2.02. The van der Waals surface area contributed by atoms with E-state index in [-0.39, 0.29) is 0 Å². The van der Waals surface area contributed by atoms with Gasteiger partial charge in [-0.05, 0) is 48.9 Å². The summed E-state index contributed by atoms with van der Waals surface area (Å²) in [7, 11) is 1.66. The van der Waals surface area contributed by atoms with Crippen LogP contribution in [-0.2, 0) is 5.88 Å². The van der Waals surface area contributed by atoms with Crippen LogP contribution in [0.1, 0.15) is 11.4 Å². The lowest BCUT2D eigenvalue weighted by atomic mass is 10.2. The number of imidazole rings is 1. The maximum Gasteiger partial charge on any atom is 0.129 e. The second kappa shape index (κ2) is 5.58. The van der Waals surface area contributed by atoms with Crippen molar-refractivity contribution in [2.75, 3.05) is 7.11 Å². The predicted octanol–water partition coefficient (Wildman–Crippen LogP) is 4.73. The molecule has 0 N–H and O–H groups in total. The topological polar surface area (TPSA) is 27.1 Å². The Morgan fingerprint density at radius 3 is 2.67 bits per heavy atom. The molecular formula is C16H14Cl2N2O. The van der Waals surface area contributed by atoms with Crippen LogP contribution in [0.15, 0.2) is 36.4 Å². The average Bonchev–Trinajstić information content (AvgIpc) is 2.84. The van der Waals surface area contributed by atoms with Gasteiger partial charge in [0.15, 0.2) is 0 Å². The van der Waals surface area contributed by atoms with Crippen molar-refractivity contribution < 1.29 is 4.74 Å². The fourth-order valence-electron chi connectivity index (χ4n) is 2.46. The largest absolute Gasteiger partial charge is 0.497 e. The summed E-state index contributed by atoms with van der Waals surface area (Å²) in [4.78, 5) is 4.57. The van der Waals surface area contributed by atoms with Crippen LogP contribution in [0.4, 0.5) is 0 Å². The van der Waals surface area contributed by atoms with Crippen LogP contribution in [0, 0.1) is 6.92 Å². The van der Waals surface area contributed by atoms with Crippen LogP contribution < -0.4 is 4.74 Å². The van der Waals surface area contributed by atoms with E-state index in [2.05, 4.69) is 4.98 Å². The van der Waals surface area contributed by atoms with Gasteiger partial charge in [0.2, 0.25) is 0 Å². The molecular weight excluding hydrogens is 307 g/mol. The van der Waals surface area contributed by atoms with E-state index in [1.54, 1.807) is 7.11 Å². The Kier molecular flexibility index (Phi) is 3.79. The first-order chi connectivity index (χ1) is 10.1. The van der Waals surface area contributed by atoms with E-state index in [4.69, 9.17) is 27.9 Å². The number of hydrogen-bond donors (Lipinski definition) is 0. The van der Waals surface area contributed by atoms with Gasteiger partial charge in [-0.3, -0.25) is 4.57 Å². The van der Waals surface area contributed by atoms with Crippen molar-refractivity contribution in [2.45, 2.75) is 12.8 Å². The lowest BCUT2D eigenvalue weighted by molar-refractivity contribution is 0.414. The minimum atomic E-state index is 0.331. The van der Waals surface area contributed by atoms with Crippen molar-refractivity contribution in [1.29, 1.82) is 0 Å². The smallest absolute Gasteiger partial charge is 0.129 e. The number of benzene rings is 2. The van der Waals surface area contributed by atoms with Gasteiger partial charge in [-0.25, -0.2) is 4.98 Å². The molecule has 3 rings (SSSR count). The summed E-state index contributed by atoms with van der Waals surface area (Å²) in [5, 5.41) is 0.677. The molecule has 0 saturated carbocycles. The molecule has 0 fully saturated rings. The molecule has 0 amide bonds. The number of aromatic nitrogens is 2. The summed E-state index contributed by atoms with van der Waals surface area (Å²) in [6.07, 6.45) is 0. The molecule has 0 aliphatic carbocycles. The maximum atomic E-state index is 6.12. The highest BCUT2D eigenvalue weighted by Gasteiger charge is 2.14. The van der Waals surface area contributed by atoms with E-state index in [9.17, 15) is 0 Å². The Morgan fingerprint density at radius 2 is 2.00 bits per heavy atom. The number of alkyl halides is 1. The molecule has 1 heterocycles. The van der Waals surface area contributed by atoms with E-state index in [0.29, 0.717) is 10.9 Å². The normalized spacial score (nSPS) is 11.0. The molecule has 0 spiro atoms. The summed E-state index contributed by atoms with van der Waals surface area (Å²) in [5.74, 6) is 1.95. The number of nitrogens with zero attached hydrogens (tertiary/aromatic N) is 2. The van der Waals surface area contributed by atoms with Gasteiger partial charge in [0.25, 0.3) is 0 Å². The number of ether oxygens (including phenoxy) is 1. The molecule has 3 nitrogen and oxygen atoms in total. The average molecular weight is 321 g/mol. The highest BCUT2D eigenvalue weighted by atomic mass is 35.5. The third-order valence-corrected chi connectivity index (χ3v) is 3.92. The second-order valence-electron chi connectivity index (χ2n) is 4.78. The first kappa shape index (κ1) is 14.2. The zero-order chi connectivity index (χ0) is 15.0. The molecule has 0 radical (unpaired) electrons. The molecule has 3 aromatic rings. The van der Waals surface area contributed by atoms with Gasteiger partial charge in [0.05, 0.1) is 29.7 Å². The second-order valence-corrected chi connectivity index (χ2v) is 5.49. The number of methoxy groups -OCH3 is 1. The molecule has 0 saturated heterocycles. The summed E-state index contributed by atoms with van der Waals surface area (Å²) < 4.78 is 7.30. The first-order valence-electron chi connectivity index (χ1n) is 6.52. The molecule has 0 aliphatic rings. The van der Waals surface area contributed by atoms with Crippen LogP contribution in [0.25, 0.3) is 16.7 Å². The first-order valence-corrected chi connectivity index (χ1v) is 7.43. The number of rotatable bonds is 3. The Labute approximate surface area is 133 Å². The molecule has 108 valence electrons. The predicted molar refractivity (Wildman–Crippen MR) is 86.9 cm³/mol. The zero-order valence-corrected chi connectivity index (χ0v) is 13.2. The van der Waals surface area contributed by atoms with E-state index in [0.717, 1.165) is 33.9 Å². The van der Waals surface area contributed by atoms with Crippen molar-refractivity contribution in [3.8, 4) is 11.4 Å². The van der Waals surface area contributed by atoms with Gasteiger partial charge in [-0.2, -0.15) is 0 Å². The Balaban J connectivity index is 2.30. The summed E-state index contributed by atoms with van der Waals surface area (Å²) in [6.45, 7) is 2.03. The van der Waals surface area contributed by atoms with Crippen molar-refractivity contribution in [2.24, 2.45) is 0 Å². The number of fused-ring (bicyclic) bond motifs is 1. The molecule has 1 aromatic heterocycles. The van der Waals surface area contributed by atoms with E-state index < -0.39 is 0 Å². The number of aryl methyl sites for hydroxylation is 1. The van der Waals surface area contributed by atoms with Gasteiger partial charge < -0.3 is 4.74 Å². The standard InChI is InChI=1S/C16H14Cl2N2O/c1-10-7-12(21-2)4-6-14(10)20-15-8-11(18)3-5-13(15)19-16(20)9-17/h3-8H,9H2,1-2H3. The number of hydrogen-bond acceptors (Lipinski definition) is 2. The van der Waals surface area contributed by atoms with Crippen LogP contribution in [0.2, 0.25) is 5.02 Å². The number of halogens is 2. The van der Waals surface area contributed by atoms with Gasteiger partial charge in [-0.15, -0.1) is 11.6 Å². The van der Waals surface area contributed by atoms with Gasteiger partial charge in [0, 0.05) is 5.02 Å². The summed E-state index contributed by atoms with van der Waals surface area (Å²) >= 11 is 12.2. The quantitative estimate of drug-likeness (QED) is 0.652. The van der Waals surface area contributed by atoms with Crippen LogP contribution in [-0.4, -0.2) is 16.7 Å². The van der Waals surface area contributed by atoms with Crippen LogP contribution in [0.5, 0.6) is 5.75 Å². The van der Waals surface area contributed by atoms with Crippen molar-refractivity contribution in [3.05, 3.63) is 52.8 Å². The van der Waals surface area contributed by atoms with Gasteiger partial charge >= 0.3 is 0 Å². The Morgan fingerprint density at radius 1 is 1.19 bits per heavy atom. The van der Waals surface area contributed by atoms with E-state index in [1.807, 2.05) is 47.9 Å². The molecule has 0 aliphatic heterocycles. The Bertz CT molecular complexity index is 811. The SMILES string of the molecule is COc1ccc(-n2c(CCl)nc3ccc(Cl)cc32)c(C)c1. The molecule has 0 unspecified atom stereocenters. The van der Waals surface area contributed by atoms with Crippen molar-refractivity contribution in [3.63, 3.8) is 0 Å². The third-order valence-electron chi connectivity index (χ3n) is 3.45. The lowest BCUT2D eigenvalue weighted by Gasteiger charge is -2.12. The fourth-order valence-corrected chi connectivity index (χ4v) is 2.81. The summed E-state index contributed by atoms with van der Waals surface area (Å²) in [5.41, 5.74) is 3.94. The molecule has 21 heavy (non-hydrogen) atoms. The fraction of sp³-hybridized carbons (Fsp3) is 0.188. The van der Waals surface area contributed by atoms with Crippen molar-refractivity contribution >= 4 is 34.2 Å². The monoisotopic (exact) mass is 320 g/mol. The van der Waals surface area contributed by atoms with Gasteiger partial charge in [-0.1, -0.05) is 11.6 Å². The summed E-state index contributed by atoms with van der Waals surface area (Å²) in [6, 6.07) is 11.6. The molecule has 0 atom stereocenters. The van der Waals surface area contributed by atoms with Crippen LogP contribution in [0.3, 0.4) is 0 Å². The van der Waals surface area contributed by atoms with E-state index >= 15 is 0 Å². The minimum Gasteiger partial charge on any atom is -0.497 e.